The minimum atomic E-state index is -0.365. The van der Waals surface area contributed by atoms with E-state index in [0.717, 1.165) is 34.8 Å². The molecule has 1 aromatic carbocycles. The Kier molecular flexibility index (Phi) is 13.9. The summed E-state index contributed by atoms with van der Waals surface area (Å²) in [5.74, 6) is 1.44. The maximum atomic E-state index is 11.4. The molecule has 0 atom stereocenters. The van der Waals surface area contributed by atoms with Crippen molar-refractivity contribution in [3.05, 3.63) is 52.4 Å². The van der Waals surface area contributed by atoms with E-state index >= 15 is 0 Å². The molecule has 2 aromatic rings. The summed E-state index contributed by atoms with van der Waals surface area (Å²) < 4.78 is 4.62. The van der Waals surface area contributed by atoms with Crippen LogP contribution in [0.2, 0.25) is 5.02 Å². The topological polar surface area (TPSA) is 72.6 Å². The fourth-order valence-electron chi connectivity index (χ4n) is 3.31. The molecule has 1 amide bonds. The van der Waals surface area contributed by atoms with Crippen LogP contribution in [0, 0.1) is 11.8 Å². The molecule has 32 heavy (non-hydrogen) atoms. The zero-order valence-corrected chi connectivity index (χ0v) is 21.3. The van der Waals surface area contributed by atoms with E-state index in [-0.39, 0.29) is 11.9 Å². The number of hydrogen-bond donors (Lipinski definition) is 1. The van der Waals surface area contributed by atoms with Gasteiger partial charge in [0.25, 0.3) is 0 Å². The molecule has 1 saturated carbocycles. The van der Waals surface area contributed by atoms with Gasteiger partial charge in [0.15, 0.2) is 0 Å². The smallest absolute Gasteiger partial charge is 0.348 e. The van der Waals surface area contributed by atoms with Crippen molar-refractivity contribution in [1.82, 2.24) is 0 Å². The van der Waals surface area contributed by atoms with Crippen LogP contribution in [-0.2, 0) is 9.53 Å². The summed E-state index contributed by atoms with van der Waals surface area (Å²) in [5, 5.41) is 1.58. The standard InChI is InChI=1S/C11H15NO3S.C8H17N.C6H5Cl/c1-4-7-12(8(2)13)10-6-5-9(16-10)11(14)15-3;1-7-2-4-8(6-9)5-3-7;7-6-4-2-1-3-5-6/h5-6H,4,7H2,1-3H3;7-8H,2-6,9H2,1H3;1-5H. The number of nitrogens with two attached hydrogens (primary N) is 1. The second-order valence-electron chi connectivity index (χ2n) is 7.96. The molecule has 2 N–H and O–H groups in total. The van der Waals surface area contributed by atoms with E-state index in [0.29, 0.717) is 11.4 Å². The number of nitrogens with zero attached hydrogens (tertiary/aromatic N) is 1. The molecule has 1 aliphatic carbocycles. The molecule has 0 radical (unpaired) electrons. The van der Waals surface area contributed by atoms with E-state index in [4.69, 9.17) is 17.3 Å². The van der Waals surface area contributed by atoms with Crippen LogP contribution >= 0.6 is 22.9 Å². The fraction of sp³-hybridized carbons (Fsp3) is 0.520. The summed E-state index contributed by atoms with van der Waals surface area (Å²) in [6, 6.07) is 12.9. The Bertz CT molecular complexity index is 789. The van der Waals surface area contributed by atoms with E-state index in [1.165, 1.54) is 51.1 Å². The van der Waals surface area contributed by atoms with Gasteiger partial charge in [0.05, 0.1) is 12.1 Å². The number of ether oxygens (including phenoxy) is 1. The van der Waals surface area contributed by atoms with E-state index in [9.17, 15) is 9.59 Å². The van der Waals surface area contributed by atoms with Crippen molar-refractivity contribution in [1.29, 1.82) is 0 Å². The summed E-state index contributed by atoms with van der Waals surface area (Å²) in [4.78, 5) is 24.8. The number of thiophene rings is 1. The van der Waals surface area contributed by atoms with Gasteiger partial charge in [-0.05, 0) is 61.9 Å². The number of carbonyl (C=O) groups is 2. The third kappa shape index (κ3) is 10.6. The van der Waals surface area contributed by atoms with Crippen molar-refractivity contribution in [3.63, 3.8) is 0 Å². The summed E-state index contributed by atoms with van der Waals surface area (Å²) in [5.41, 5.74) is 5.55. The molecule has 178 valence electrons. The summed E-state index contributed by atoms with van der Waals surface area (Å²) in [7, 11) is 1.34. The number of amides is 1. The Morgan fingerprint density at radius 3 is 2.19 bits per heavy atom. The van der Waals surface area contributed by atoms with Crippen molar-refractivity contribution in [2.75, 3.05) is 25.1 Å². The number of carbonyl (C=O) groups excluding carboxylic acids is 2. The van der Waals surface area contributed by atoms with Crippen molar-refractivity contribution >= 4 is 39.8 Å². The van der Waals surface area contributed by atoms with E-state index in [1.807, 2.05) is 37.3 Å². The Morgan fingerprint density at radius 1 is 1.12 bits per heavy atom. The van der Waals surface area contributed by atoms with Crippen LogP contribution in [0.4, 0.5) is 5.00 Å². The van der Waals surface area contributed by atoms with Crippen LogP contribution in [0.15, 0.2) is 42.5 Å². The minimum Gasteiger partial charge on any atom is -0.465 e. The van der Waals surface area contributed by atoms with Gasteiger partial charge in [-0.25, -0.2) is 4.79 Å². The van der Waals surface area contributed by atoms with Crippen LogP contribution in [0.25, 0.3) is 0 Å². The first-order valence-electron chi connectivity index (χ1n) is 11.2. The average Bonchev–Trinajstić information content (AvgIpc) is 3.28. The van der Waals surface area contributed by atoms with Crippen LogP contribution in [-0.4, -0.2) is 32.1 Å². The monoisotopic (exact) mass is 480 g/mol. The van der Waals surface area contributed by atoms with Crippen LogP contribution < -0.4 is 10.6 Å². The molecule has 1 heterocycles. The minimum absolute atomic E-state index is 0.0138. The molecule has 1 aliphatic rings. The second-order valence-corrected chi connectivity index (χ2v) is 9.46. The first kappa shape index (κ1) is 28.1. The molecule has 0 unspecified atom stereocenters. The van der Waals surface area contributed by atoms with Gasteiger partial charge >= 0.3 is 5.97 Å². The molecule has 1 aromatic heterocycles. The van der Waals surface area contributed by atoms with Crippen molar-refractivity contribution in [2.45, 2.75) is 52.9 Å². The number of halogens is 1. The van der Waals surface area contributed by atoms with Gasteiger partial charge in [-0.2, -0.15) is 0 Å². The molecule has 5 nitrogen and oxygen atoms in total. The van der Waals surface area contributed by atoms with Crippen molar-refractivity contribution in [3.8, 4) is 0 Å². The van der Waals surface area contributed by atoms with Gasteiger partial charge in [0, 0.05) is 18.5 Å². The molecule has 7 heteroatoms. The Morgan fingerprint density at radius 2 is 1.75 bits per heavy atom. The molecule has 0 saturated heterocycles. The highest BCUT2D eigenvalue weighted by atomic mass is 35.5. The maximum Gasteiger partial charge on any atom is 0.348 e. The summed E-state index contributed by atoms with van der Waals surface area (Å²) >= 11 is 6.81. The van der Waals surface area contributed by atoms with Gasteiger partial charge in [-0.15, -0.1) is 11.3 Å². The lowest BCUT2D eigenvalue weighted by Gasteiger charge is -2.24. The van der Waals surface area contributed by atoms with Gasteiger partial charge in [0.2, 0.25) is 5.91 Å². The number of hydrogen-bond acceptors (Lipinski definition) is 5. The Hall–Kier alpha value is -1.89. The highest BCUT2D eigenvalue weighted by Crippen LogP contribution is 2.27. The van der Waals surface area contributed by atoms with Crippen LogP contribution in [0.5, 0.6) is 0 Å². The summed E-state index contributed by atoms with van der Waals surface area (Å²) in [6.07, 6.45) is 6.43. The molecule has 0 bridgehead atoms. The predicted octanol–water partition coefficient (Wildman–Crippen LogP) is 6.41. The van der Waals surface area contributed by atoms with Gasteiger partial charge in [0.1, 0.15) is 4.88 Å². The normalized spacial score (nSPS) is 17.2. The van der Waals surface area contributed by atoms with Gasteiger partial charge in [-0.3, -0.25) is 4.79 Å². The lowest BCUT2D eigenvalue weighted by molar-refractivity contribution is -0.116. The molecular formula is C25H37ClN2O3S. The molecule has 3 rings (SSSR count). The third-order valence-corrected chi connectivity index (χ3v) is 6.61. The largest absolute Gasteiger partial charge is 0.465 e. The number of anilines is 1. The number of esters is 1. The molecule has 0 spiro atoms. The fourth-order valence-corrected chi connectivity index (χ4v) is 4.45. The number of benzene rings is 1. The van der Waals surface area contributed by atoms with E-state index < -0.39 is 0 Å². The van der Waals surface area contributed by atoms with E-state index in [1.54, 1.807) is 17.0 Å². The zero-order chi connectivity index (χ0) is 23.9. The predicted molar refractivity (Wildman–Crippen MR) is 136 cm³/mol. The second kappa shape index (κ2) is 15.8. The quantitative estimate of drug-likeness (QED) is 0.502. The third-order valence-electron chi connectivity index (χ3n) is 5.27. The maximum absolute atomic E-state index is 11.4. The number of rotatable bonds is 5. The van der Waals surface area contributed by atoms with Gasteiger partial charge < -0.3 is 15.4 Å². The van der Waals surface area contributed by atoms with Crippen molar-refractivity contribution in [2.24, 2.45) is 17.6 Å². The lowest BCUT2D eigenvalue weighted by atomic mass is 9.83. The molecule has 0 aliphatic heterocycles. The Balaban J connectivity index is 0.000000267. The first-order valence-corrected chi connectivity index (χ1v) is 12.4. The van der Waals surface area contributed by atoms with Crippen LogP contribution in [0.3, 0.4) is 0 Å². The lowest BCUT2D eigenvalue weighted by Crippen LogP contribution is -2.28. The summed E-state index contributed by atoms with van der Waals surface area (Å²) in [6.45, 7) is 7.44. The average molecular weight is 481 g/mol. The number of methoxy groups -OCH3 is 1. The van der Waals surface area contributed by atoms with Crippen molar-refractivity contribution < 1.29 is 14.3 Å². The molecule has 1 fully saturated rings. The van der Waals surface area contributed by atoms with Gasteiger partial charge in [-0.1, -0.05) is 56.5 Å². The Labute approximate surface area is 201 Å². The highest BCUT2D eigenvalue weighted by molar-refractivity contribution is 7.18. The molecular weight excluding hydrogens is 444 g/mol. The highest BCUT2D eigenvalue weighted by Gasteiger charge is 2.16. The zero-order valence-electron chi connectivity index (χ0n) is 19.7. The van der Waals surface area contributed by atoms with E-state index in [2.05, 4.69) is 11.7 Å². The van der Waals surface area contributed by atoms with Crippen LogP contribution in [0.1, 0.15) is 62.5 Å². The SMILES string of the molecule is CC1CCC(CN)CC1.CCCN(C(C)=O)c1ccc(C(=O)OC)s1.Clc1ccccc1. The first-order chi connectivity index (χ1) is 15.3.